The van der Waals surface area contributed by atoms with Gasteiger partial charge in [0.15, 0.2) is 0 Å². The van der Waals surface area contributed by atoms with E-state index in [4.69, 9.17) is 4.74 Å². The average molecular weight is 362 g/mol. The van der Waals surface area contributed by atoms with E-state index in [1.54, 1.807) is 0 Å². The van der Waals surface area contributed by atoms with Crippen LogP contribution in [-0.2, 0) is 0 Å². The Morgan fingerprint density at radius 3 is 2.26 bits per heavy atom. The molecule has 0 aliphatic carbocycles. The minimum Gasteiger partial charge on any atom is -0.489 e. The minimum absolute atomic E-state index is 0.101. The van der Waals surface area contributed by atoms with E-state index < -0.39 is 0 Å². The summed E-state index contributed by atoms with van der Waals surface area (Å²) in [5.41, 5.74) is 2.09. The van der Waals surface area contributed by atoms with Gasteiger partial charge in [-0.3, -0.25) is 0 Å². The number of anilines is 3. The lowest BCUT2D eigenvalue weighted by atomic mass is 10.1. The molecule has 1 atom stereocenters. The van der Waals surface area contributed by atoms with Crippen molar-refractivity contribution in [3.63, 3.8) is 0 Å². The summed E-state index contributed by atoms with van der Waals surface area (Å²) in [6, 6.07) is 20.2. The van der Waals surface area contributed by atoms with Gasteiger partial charge in [-0.2, -0.15) is 0 Å². The third-order valence-electron chi connectivity index (χ3n) is 4.01. The Hall–Kier alpha value is -3.08. The second kappa shape index (κ2) is 8.54. The molecule has 3 rings (SSSR count). The number of hydrogen-bond acceptors (Lipinski definition) is 5. The minimum atomic E-state index is 0.101. The zero-order valence-corrected chi connectivity index (χ0v) is 16.2. The quantitative estimate of drug-likeness (QED) is 0.582. The van der Waals surface area contributed by atoms with Crippen molar-refractivity contribution in [3.8, 4) is 5.75 Å². The van der Waals surface area contributed by atoms with Crippen molar-refractivity contribution < 1.29 is 4.74 Å². The molecule has 0 saturated carbocycles. The molecule has 0 aliphatic heterocycles. The van der Waals surface area contributed by atoms with Gasteiger partial charge in [0.05, 0.1) is 11.8 Å². The first-order chi connectivity index (χ1) is 13.0. The molecular formula is C22H26N4O. The van der Waals surface area contributed by atoms with Crippen LogP contribution in [-0.4, -0.2) is 16.1 Å². The SMILES string of the molecule is Cc1nc(Nc2ccccc2OC(C)C)cc(NC(C)c2ccccc2)n1. The van der Waals surface area contributed by atoms with Crippen LogP contribution in [0.4, 0.5) is 17.3 Å². The first-order valence-corrected chi connectivity index (χ1v) is 9.21. The molecule has 0 saturated heterocycles. The fraction of sp³-hybridized carbons (Fsp3) is 0.273. The van der Waals surface area contributed by atoms with Crippen molar-refractivity contribution in [1.82, 2.24) is 9.97 Å². The van der Waals surface area contributed by atoms with Crippen molar-refractivity contribution in [2.45, 2.75) is 39.8 Å². The van der Waals surface area contributed by atoms with Crippen LogP contribution in [0, 0.1) is 6.92 Å². The number of benzene rings is 2. The second-order valence-electron chi connectivity index (χ2n) is 6.75. The lowest BCUT2D eigenvalue weighted by Crippen LogP contribution is -2.10. The Morgan fingerprint density at radius 1 is 0.852 bits per heavy atom. The van der Waals surface area contributed by atoms with Gasteiger partial charge < -0.3 is 15.4 Å². The largest absolute Gasteiger partial charge is 0.489 e. The molecule has 1 aromatic heterocycles. The van der Waals surface area contributed by atoms with Gasteiger partial charge in [-0.15, -0.1) is 0 Å². The number of ether oxygens (including phenoxy) is 1. The Balaban J connectivity index is 1.80. The summed E-state index contributed by atoms with van der Waals surface area (Å²) in [6.07, 6.45) is 0.101. The number of nitrogens with zero attached hydrogens (tertiary/aromatic N) is 2. The van der Waals surface area contributed by atoms with Crippen LogP contribution in [0.2, 0.25) is 0 Å². The van der Waals surface area contributed by atoms with E-state index in [0.717, 1.165) is 23.1 Å². The van der Waals surface area contributed by atoms with Crippen molar-refractivity contribution in [1.29, 1.82) is 0 Å². The summed E-state index contributed by atoms with van der Waals surface area (Å²) in [6.45, 7) is 8.03. The summed E-state index contributed by atoms with van der Waals surface area (Å²) in [7, 11) is 0. The maximum absolute atomic E-state index is 5.88. The topological polar surface area (TPSA) is 59.1 Å². The van der Waals surface area contributed by atoms with E-state index in [1.165, 1.54) is 5.56 Å². The summed E-state index contributed by atoms with van der Waals surface area (Å²) < 4.78 is 5.88. The van der Waals surface area contributed by atoms with Crippen LogP contribution < -0.4 is 15.4 Å². The van der Waals surface area contributed by atoms with E-state index >= 15 is 0 Å². The molecule has 2 aromatic carbocycles. The number of rotatable bonds is 7. The molecule has 0 spiro atoms. The number of hydrogen-bond donors (Lipinski definition) is 2. The highest BCUT2D eigenvalue weighted by molar-refractivity contribution is 5.65. The number of nitrogens with one attached hydrogen (secondary N) is 2. The fourth-order valence-electron chi connectivity index (χ4n) is 2.82. The van der Waals surface area contributed by atoms with Gasteiger partial charge in [-0.25, -0.2) is 9.97 Å². The maximum Gasteiger partial charge on any atom is 0.143 e. The second-order valence-corrected chi connectivity index (χ2v) is 6.75. The van der Waals surface area contributed by atoms with Crippen molar-refractivity contribution in [3.05, 3.63) is 72.1 Å². The third-order valence-corrected chi connectivity index (χ3v) is 4.01. The molecule has 0 aliphatic rings. The summed E-state index contributed by atoms with van der Waals surface area (Å²) in [4.78, 5) is 9.03. The van der Waals surface area contributed by atoms with Crippen LogP contribution in [0.3, 0.4) is 0 Å². The third kappa shape index (κ3) is 5.20. The highest BCUT2D eigenvalue weighted by Crippen LogP contribution is 2.28. The monoisotopic (exact) mass is 362 g/mol. The lowest BCUT2D eigenvalue weighted by molar-refractivity contribution is 0.244. The zero-order valence-electron chi connectivity index (χ0n) is 16.2. The summed E-state index contributed by atoms with van der Waals surface area (Å²) in [5, 5.41) is 6.81. The molecule has 3 aromatic rings. The van der Waals surface area contributed by atoms with E-state index in [-0.39, 0.29) is 12.1 Å². The molecule has 5 nitrogen and oxygen atoms in total. The molecular weight excluding hydrogens is 336 g/mol. The van der Waals surface area contributed by atoms with Gasteiger partial charge in [0, 0.05) is 12.1 Å². The van der Waals surface area contributed by atoms with Crippen LogP contribution in [0.1, 0.15) is 38.2 Å². The highest BCUT2D eigenvalue weighted by Gasteiger charge is 2.10. The van der Waals surface area contributed by atoms with Crippen molar-refractivity contribution >= 4 is 17.3 Å². The first kappa shape index (κ1) is 18.7. The molecule has 0 fully saturated rings. The Bertz CT molecular complexity index is 880. The molecule has 27 heavy (non-hydrogen) atoms. The molecule has 0 amide bonds. The van der Waals surface area contributed by atoms with Crippen LogP contribution in [0.5, 0.6) is 5.75 Å². The fourth-order valence-corrected chi connectivity index (χ4v) is 2.82. The lowest BCUT2D eigenvalue weighted by Gasteiger charge is -2.17. The first-order valence-electron chi connectivity index (χ1n) is 9.21. The molecule has 1 heterocycles. The number of para-hydroxylation sites is 2. The average Bonchev–Trinajstić information content (AvgIpc) is 2.63. The summed E-state index contributed by atoms with van der Waals surface area (Å²) >= 11 is 0. The summed E-state index contributed by atoms with van der Waals surface area (Å²) in [5.74, 6) is 3.01. The van der Waals surface area contributed by atoms with Gasteiger partial charge >= 0.3 is 0 Å². The zero-order chi connectivity index (χ0) is 19.2. The standard InChI is InChI=1S/C22H26N4O/c1-15(2)27-20-13-9-8-12-19(20)26-22-14-21(24-17(4)25-22)23-16(3)18-10-6-5-7-11-18/h5-16H,1-4H3,(H2,23,24,25,26). The van der Waals surface area contributed by atoms with E-state index in [0.29, 0.717) is 5.82 Å². The smallest absolute Gasteiger partial charge is 0.143 e. The highest BCUT2D eigenvalue weighted by atomic mass is 16.5. The van der Waals surface area contributed by atoms with Gasteiger partial charge in [0.25, 0.3) is 0 Å². The van der Waals surface area contributed by atoms with Gasteiger partial charge in [0.2, 0.25) is 0 Å². The normalized spacial score (nSPS) is 11.9. The molecule has 5 heteroatoms. The maximum atomic E-state index is 5.88. The Morgan fingerprint density at radius 2 is 1.52 bits per heavy atom. The van der Waals surface area contributed by atoms with E-state index in [2.05, 4.69) is 39.7 Å². The predicted octanol–water partition coefficient (Wildman–Crippen LogP) is 5.49. The van der Waals surface area contributed by atoms with Crippen LogP contribution in [0.25, 0.3) is 0 Å². The number of aryl methyl sites for hydroxylation is 1. The molecule has 2 N–H and O–H groups in total. The van der Waals surface area contributed by atoms with Crippen LogP contribution in [0.15, 0.2) is 60.7 Å². The Kier molecular flexibility index (Phi) is 5.91. The number of aromatic nitrogens is 2. The van der Waals surface area contributed by atoms with Gasteiger partial charge in [0.1, 0.15) is 23.2 Å². The molecule has 0 radical (unpaired) electrons. The van der Waals surface area contributed by atoms with Crippen molar-refractivity contribution in [2.24, 2.45) is 0 Å². The van der Waals surface area contributed by atoms with E-state index in [9.17, 15) is 0 Å². The van der Waals surface area contributed by atoms with Crippen LogP contribution >= 0.6 is 0 Å². The predicted molar refractivity (Wildman–Crippen MR) is 111 cm³/mol. The van der Waals surface area contributed by atoms with E-state index in [1.807, 2.05) is 69.3 Å². The van der Waals surface area contributed by atoms with Crippen molar-refractivity contribution in [2.75, 3.05) is 10.6 Å². The van der Waals surface area contributed by atoms with Gasteiger partial charge in [-0.1, -0.05) is 42.5 Å². The van der Waals surface area contributed by atoms with Gasteiger partial charge in [-0.05, 0) is 45.4 Å². The molecule has 1 unspecified atom stereocenters. The molecule has 140 valence electrons. The Labute approximate surface area is 160 Å². The molecule has 0 bridgehead atoms.